The molecule has 0 bridgehead atoms. The predicted molar refractivity (Wildman–Crippen MR) is 197 cm³/mol. The zero-order chi connectivity index (χ0) is 31.4. The zero-order valence-electron chi connectivity index (χ0n) is 26.7. The molecule has 0 aliphatic rings. The lowest BCUT2D eigenvalue weighted by atomic mass is 9.83. The Balaban J connectivity index is 1.39. The Kier molecular flexibility index (Phi) is 6.76. The average Bonchev–Trinajstić information content (AvgIpc) is 3.07. The van der Waals surface area contributed by atoms with Crippen molar-refractivity contribution in [2.75, 3.05) is 0 Å². The van der Waals surface area contributed by atoms with Crippen LogP contribution in [0.5, 0.6) is 0 Å². The molecule has 0 saturated heterocycles. The van der Waals surface area contributed by atoms with Crippen molar-refractivity contribution >= 4 is 32.3 Å². The molecule has 0 radical (unpaired) electrons. The van der Waals surface area contributed by atoms with Crippen molar-refractivity contribution in [2.45, 2.75) is 27.7 Å². The molecule has 1 heteroatoms. The van der Waals surface area contributed by atoms with E-state index in [0.29, 0.717) is 0 Å². The highest BCUT2D eigenvalue weighted by atomic mass is 14.6. The molecule has 0 aliphatic heterocycles. The van der Waals surface area contributed by atoms with Crippen LogP contribution in [0, 0.1) is 27.7 Å². The molecular formula is C45H35N. The second-order valence-corrected chi connectivity index (χ2v) is 12.6. The maximum Gasteiger partial charge on any atom is 0.0349 e. The molecule has 1 heterocycles. The Hall–Kier alpha value is -5.53. The van der Waals surface area contributed by atoms with Gasteiger partial charge in [-0.3, -0.25) is 4.98 Å². The maximum absolute atomic E-state index is 4.38. The molecule has 0 amide bonds. The van der Waals surface area contributed by atoms with Crippen LogP contribution in [0.25, 0.3) is 76.8 Å². The SMILES string of the molecule is Cc1cc(C)c(-c2cccc3c(-c4c5ccccc5c(-c5ccc(-c6cnccc6C)cc5)c5ccccc45)cccc23)c(C)c1. The molecule has 1 nitrogen and oxygen atoms in total. The van der Waals surface area contributed by atoms with Gasteiger partial charge in [0, 0.05) is 18.0 Å². The van der Waals surface area contributed by atoms with Gasteiger partial charge in [-0.25, -0.2) is 0 Å². The van der Waals surface area contributed by atoms with E-state index in [1.807, 2.05) is 12.4 Å². The second kappa shape index (κ2) is 11.1. The maximum atomic E-state index is 4.38. The number of nitrogens with zero attached hydrogens (tertiary/aromatic N) is 1. The van der Waals surface area contributed by atoms with Crippen molar-refractivity contribution in [3.8, 4) is 44.5 Å². The van der Waals surface area contributed by atoms with Crippen LogP contribution in [-0.2, 0) is 0 Å². The largest absolute Gasteiger partial charge is 0.264 e. The van der Waals surface area contributed by atoms with Crippen LogP contribution in [0.3, 0.4) is 0 Å². The third-order valence-electron chi connectivity index (χ3n) is 9.59. The van der Waals surface area contributed by atoms with Crippen LogP contribution in [0.15, 0.2) is 140 Å². The van der Waals surface area contributed by atoms with Gasteiger partial charge in [-0.2, -0.15) is 0 Å². The predicted octanol–water partition coefficient (Wildman–Crippen LogP) is 12.4. The first kappa shape index (κ1) is 28.0. The molecule has 46 heavy (non-hydrogen) atoms. The molecule has 8 aromatic rings. The van der Waals surface area contributed by atoms with Crippen LogP contribution in [-0.4, -0.2) is 4.98 Å². The van der Waals surface area contributed by atoms with Crippen molar-refractivity contribution < 1.29 is 0 Å². The fourth-order valence-electron chi connectivity index (χ4n) is 7.66. The van der Waals surface area contributed by atoms with E-state index in [1.165, 1.54) is 99.1 Å². The topological polar surface area (TPSA) is 12.9 Å². The minimum atomic E-state index is 1.17. The monoisotopic (exact) mass is 589 g/mol. The van der Waals surface area contributed by atoms with Crippen LogP contribution in [0.1, 0.15) is 22.3 Å². The van der Waals surface area contributed by atoms with Gasteiger partial charge in [-0.05, 0) is 122 Å². The minimum absolute atomic E-state index is 1.17. The molecule has 0 saturated carbocycles. The molecule has 0 aliphatic carbocycles. The molecule has 8 rings (SSSR count). The summed E-state index contributed by atoms with van der Waals surface area (Å²) in [5.41, 5.74) is 15.2. The van der Waals surface area contributed by atoms with Gasteiger partial charge in [-0.1, -0.05) is 127 Å². The summed E-state index contributed by atoms with van der Waals surface area (Å²) in [6.07, 6.45) is 3.81. The summed E-state index contributed by atoms with van der Waals surface area (Å²) in [6.45, 7) is 8.80. The van der Waals surface area contributed by atoms with Crippen molar-refractivity contribution in [1.29, 1.82) is 0 Å². The number of aryl methyl sites for hydroxylation is 4. The fourth-order valence-corrected chi connectivity index (χ4v) is 7.66. The van der Waals surface area contributed by atoms with Crippen LogP contribution >= 0.6 is 0 Å². The van der Waals surface area contributed by atoms with Crippen LogP contribution in [0.4, 0.5) is 0 Å². The lowest BCUT2D eigenvalue weighted by Gasteiger charge is -2.20. The number of hydrogen-bond acceptors (Lipinski definition) is 1. The molecular weight excluding hydrogens is 555 g/mol. The van der Waals surface area contributed by atoms with Crippen molar-refractivity contribution in [2.24, 2.45) is 0 Å². The second-order valence-electron chi connectivity index (χ2n) is 12.6. The lowest BCUT2D eigenvalue weighted by Crippen LogP contribution is -1.94. The molecule has 0 unspecified atom stereocenters. The van der Waals surface area contributed by atoms with E-state index in [2.05, 4.69) is 160 Å². The first-order chi connectivity index (χ1) is 22.5. The highest BCUT2D eigenvalue weighted by molar-refractivity contribution is 6.24. The number of rotatable bonds is 4. The van der Waals surface area contributed by atoms with Gasteiger partial charge in [0.1, 0.15) is 0 Å². The standard InChI is InChI=1S/C45H35N/c1-28-25-30(3)43(31(4)26-28)36-17-9-16-35-34(36)15-10-18-37(35)45-40-13-7-5-11-38(40)44(39-12-6-8-14-41(39)45)33-21-19-32(20-22-33)42-27-46-24-23-29(42)2/h5-27H,1-4H3. The quantitative estimate of drug-likeness (QED) is 0.186. The summed E-state index contributed by atoms with van der Waals surface area (Å²) in [6, 6.07) is 47.2. The average molecular weight is 590 g/mol. The molecule has 1 aromatic heterocycles. The lowest BCUT2D eigenvalue weighted by molar-refractivity contribution is 1.29. The Labute approximate surface area is 270 Å². The molecule has 0 atom stereocenters. The fraction of sp³-hybridized carbons (Fsp3) is 0.0889. The molecule has 0 spiro atoms. The zero-order valence-corrected chi connectivity index (χ0v) is 26.7. The van der Waals surface area contributed by atoms with Crippen LogP contribution in [0.2, 0.25) is 0 Å². The van der Waals surface area contributed by atoms with Crippen molar-refractivity contribution in [3.63, 3.8) is 0 Å². The third-order valence-corrected chi connectivity index (χ3v) is 9.59. The number of aromatic nitrogens is 1. The smallest absolute Gasteiger partial charge is 0.0349 e. The Bertz CT molecular complexity index is 2370. The Morgan fingerprint density at radius 2 is 0.848 bits per heavy atom. The number of benzene rings is 7. The van der Waals surface area contributed by atoms with Crippen molar-refractivity contribution in [3.05, 3.63) is 162 Å². The van der Waals surface area contributed by atoms with E-state index >= 15 is 0 Å². The Morgan fingerprint density at radius 3 is 1.39 bits per heavy atom. The van der Waals surface area contributed by atoms with E-state index < -0.39 is 0 Å². The van der Waals surface area contributed by atoms with Gasteiger partial charge in [0.25, 0.3) is 0 Å². The van der Waals surface area contributed by atoms with Gasteiger partial charge in [0.05, 0.1) is 0 Å². The summed E-state index contributed by atoms with van der Waals surface area (Å²) in [7, 11) is 0. The molecule has 0 fully saturated rings. The highest BCUT2D eigenvalue weighted by Gasteiger charge is 2.19. The summed E-state index contributed by atoms with van der Waals surface area (Å²) in [5.74, 6) is 0. The number of pyridine rings is 1. The van der Waals surface area contributed by atoms with Gasteiger partial charge < -0.3 is 0 Å². The first-order valence-electron chi connectivity index (χ1n) is 16.0. The highest BCUT2D eigenvalue weighted by Crippen LogP contribution is 2.46. The molecule has 7 aromatic carbocycles. The first-order valence-corrected chi connectivity index (χ1v) is 16.0. The van der Waals surface area contributed by atoms with Crippen LogP contribution < -0.4 is 0 Å². The number of hydrogen-bond donors (Lipinski definition) is 0. The minimum Gasteiger partial charge on any atom is -0.264 e. The number of fused-ring (bicyclic) bond motifs is 3. The summed E-state index contributed by atoms with van der Waals surface area (Å²) < 4.78 is 0. The van der Waals surface area contributed by atoms with E-state index in [9.17, 15) is 0 Å². The third kappa shape index (κ3) is 4.51. The molecule has 0 N–H and O–H groups in total. The van der Waals surface area contributed by atoms with Crippen molar-refractivity contribution in [1.82, 2.24) is 4.98 Å². The van der Waals surface area contributed by atoms with Gasteiger partial charge >= 0.3 is 0 Å². The van der Waals surface area contributed by atoms with Gasteiger partial charge in [-0.15, -0.1) is 0 Å². The van der Waals surface area contributed by atoms with E-state index in [0.717, 1.165) is 0 Å². The van der Waals surface area contributed by atoms with E-state index in [-0.39, 0.29) is 0 Å². The summed E-state index contributed by atoms with van der Waals surface area (Å²) in [4.78, 5) is 4.38. The summed E-state index contributed by atoms with van der Waals surface area (Å²) >= 11 is 0. The Morgan fingerprint density at radius 1 is 0.370 bits per heavy atom. The normalized spacial score (nSPS) is 11.5. The van der Waals surface area contributed by atoms with Gasteiger partial charge in [0.2, 0.25) is 0 Å². The van der Waals surface area contributed by atoms with Gasteiger partial charge in [0.15, 0.2) is 0 Å². The van der Waals surface area contributed by atoms with E-state index in [1.54, 1.807) is 0 Å². The molecule has 220 valence electrons. The summed E-state index contributed by atoms with van der Waals surface area (Å²) in [5, 5.41) is 7.62. The van der Waals surface area contributed by atoms with E-state index in [4.69, 9.17) is 0 Å².